The van der Waals surface area contributed by atoms with Crippen LogP contribution in [-0.2, 0) is 6.32 Å². The van der Waals surface area contributed by atoms with Gasteiger partial charge in [-0.3, -0.25) is 4.98 Å². The van der Waals surface area contributed by atoms with Gasteiger partial charge in [0.25, 0.3) is 0 Å². The predicted molar refractivity (Wildman–Crippen MR) is 53.0 cm³/mol. The average Bonchev–Trinajstić information content (AvgIpc) is 2.09. The summed E-state index contributed by atoms with van der Waals surface area (Å²) in [4.78, 5) is 3.79. The van der Waals surface area contributed by atoms with Crippen LogP contribution in [0.1, 0.15) is 16.8 Å². The highest BCUT2D eigenvalue weighted by molar-refractivity contribution is 6.57. The lowest BCUT2D eigenvalue weighted by Gasteiger charge is -2.17. The molecule has 15 heavy (non-hydrogen) atoms. The molecule has 0 aliphatic rings. The van der Waals surface area contributed by atoms with Crippen LogP contribution in [0.5, 0.6) is 5.75 Å². The zero-order valence-corrected chi connectivity index (χ0v) is 8.85. The van der Waals surface area contributed by atoms with E-state index in [1.54, 1.807) is 13.8 Å². The smallest absolute Gasteiger partial charge is 0.484 e. The molecule has 1 aromatic heterocycles. The Hall–Kier alpha value is -1.20. The van der Waals surface area contributed by atoms with Crippen LogP contribution in [0.2, 0.25) is 0 Å². The van der Waals surface area contributed by atoms with E-state index in [9.17, 15) is 12.9 Å². The summed E-state index contributed by atoms with van der Waals surface area (Å²) in [6.45, 7) is -1.51. The van der Waals surface area contributed by atoms with E-state index in [4.69, 9.17) is 4.74 Å². The van der Waals surface area contributed by atoms with Gasteiger partial charge in [0.2, 0.25) is 0 Å². The van der Waals surface area contributed by atoms with Gasteiger partial charge in [-0.25, -0.2) is 0 Å². The number of pyridine rings is 1. The number of rotatable bonds is 3. The Labute approximate surface area is 86.5 Å². The quantitative estimate of drug-likeness (QED) is 0.727. The van der Waals surface area contributed by atoms with Crippen molar-refractivity contribution in [2.75, 3.05) is 7.11 Å². The first kappa shape index (κ1) is 11.9. The van der Waals surface area contributed by atoms with Crippen LogP contribution < -0.4 is 4.74 Å². The molecule has 1 rings (SSSR count). The number of hydrogen-bond donors (Lipinski definition) is 0. The highest BCUT2D eigenvalue weighted by atomic mass is 19.4. The van der Waals surface area contributed by atoms with Crippen molar-refractivity contribution in [3.63, 3.8) is 0 Å². The minimum absolute atomic E-state index is 0.0463. The molecule has 0 N–H and O–H groups in total. The molecule has 1 aromatic rings. The Morgan fingerprint density at radius 2 is 1.93 bits per heavy atom. The first-order valence-corrected chi connectivity index (χ1v) is 4.55. The second-order valence-electron chi connectivity index (χ2n) is 3.46. The molecule has 0 bridgehead atoms. The molecule has 0 spiro atoms. The fraction of sp³-hybridized carbons (Fsp3) is 0.444. The molecule has 0 radical (unpaired) electrons. The number of nitrogens with zero attached hydrogens (tertiary/aromatic N) is 1. The van der Waals surface area contributed by atoms with E-state index in [0.29, 0.717) is 11.3 Å². The molecule has 1 heterocycles. The van der Waals surface area contributed by atoms with Crippen molar-refractivity contribution in [2.45, 2.75) is 20.2 Å². The van der Waals surface area contributed by atoms with E-state index >= 15 is 0 Å². The van der Waals surface area contributed by atoms with E-state index < -0.39 is 13.3 Å². The van der Waals surface area contributed by atoms with Crippen molar-refractivity contribution in [1.29, 1.82) is 0 Å². The lowest BCUT2D eigenvalue weighted by molar-refractivity contribution is 0.406. The summed E-state index contributed by atoms with van der Waals surface area (Å²) in [5.74, 6) is 0.486. The Balaban J connectivity index is 3.11. The second-order valence-corrected chi connectivity index (χ2v) is 3.46. The van der Waals surface area contributed by atoms with E-state index in [1.165, 1.54) is 13.3 Å². The van der Waals surface area contributed by atoms with Crippen LogP contribution in [-0.4, -0.2) is 19.1 Å². The number of aromatic nitrogens is 1. The lowest BCUT2D eigenvalue weighted by Crippen LogP contribution is -2.21. The molecule has 0 atom stereocenters. The number of hydrogen-bond acceptors (Lipinski definition) is 2. The molecule has 0 unspecified atom stereocenters. The maximum absolute atomic E-state index is 12.2. The Morgan fingerprint density at radius 1 is 1.33 bits per heavy atom. The van der Waals surface area contributed by atoms with Crippen LogP contribution in [0.3, 0.4) is 0 Å². The highest BCUT2D eigenvalue weighted by Crippen LogP contribution is 2.26. The molecular formula is C9H12BF3NO-. The van der Waals surface area contributed by atoms with Gasteiger partial charge in [-0.15, -0.1) is 0 Å². The van der Waals surface area contributed by atoms with Gasteiger partial charge in [0.1, 0.15) is 5.75 Å². The molecule has 2 nitrogen and oxygen atoms in total. The number of ether oxygens (including phenoxy) is 1. The minimum atomic E-state index is -4.85. The summed E-state index contributed by atoms with van der Waals surface area (Å²) in [7, 11) is 1.44. The fourth-order valence-corrected chi connectivity index (χ4v) is 1.50. The standard InChI is InChI=1S/C9H12BF3NO/c1-6-5-14-8(4-10(11,12)13)7(2)9(6)15-3/h5H,4H2,1-3H3/q-1. The van der Waals surface area contributed by atoms with Gasteiger partial charge in [0.05, 0.1) is 7.11 Å². The first-order valence-electron chi connectivity index (χ1n) is 4.55. The molecule has 0 aromatic carbocycles. The van der Waals surface area contributed by atoms with Crippen molar-refractivity contribution >= 4 is 6.98 Å². The normalized spacial score (nSPS) is 11.6. The zero-order chi connectivity index (χ0) is 11.6. The summed E-state index contributed by atoms with van der Waals surface area (Å²) in [6.07, 6.45) is 0.450. The van der Waals surface area contributed by atoms with Crippen LogP contribution >= 0.6 is 0 Å². The number of aryl methyl sites for hydroxylation is 1. The van der Waals surface area contributed by atoms with Gasteiger partial charge in [-0.2, -0.15) is 0 Å². The number of methoxy groups -OCH3 is 1. The van der Waals surface area contributed by atoms with E-state index in [1.807, 2.05) is 0 Å². The molecule has 0 saturated heterocycles. The second kappa shape index (κ2) is 4.12. The van der Waals surface area contributed by atoms with Crippen LogP contribution in [0.15, 0.2) is 6.20 Å². The molecule has 0 amide bonds. The van der Waals surface area contributed by atoms with E-state index in [-0.39, 0.29) is 5.69 Å². The summed E-state index contributed by atoms with van der Waals surface area (Å²) >= 11 is 0. The van der Waals surface area contributed by atoms with Gasteiger partial charge in [-0.05, 0) is 20.2 Å². The summed E-state index contributed by atoms with van der Waals surface area (Å²) in [5.41, 5.74) is 1.26. The maximum Gasteiger partial charge on any atom is 0.484 e. The van der Waals surface area contributed by atoms with Crippen LogP contribution in [0.4, 0.5) is 12.9 Å². The van der Waals surface area contributed by atoms with Gasteiger partial charge < -0.3 is 17.7 Å². The highest BCUT2D eigenvalue weighted by Gasteiger charge is 2.25. The van der Waals surface area contributed by atoms with Crippen molar-refractivity contribution in [3.05, 3.63) is 23.0 Å². The molecule has 84 valence electrons. The molecule has 0 fully saturated rings. The van der Waals surface area contributed by atoms with E-state index in [2.05, 4.69) is 4.98 Å². The molecule has 0 aliphatic carbocycles. The first-order chi connectivity index (χ1) is 6.85. The third-order valence-corrected chi connectivity index (χ3v) is 2.17. The topological polar surface area (TPSA) is 22.1 Å². The molecule has 0 saturated carbocycles. The third kappa shape index (κ3) is 2.87. The van der Waals surface area contributed by atoms with Crippen molar-refractivity contribution in [1.82, 2.24) is 4.98 Å². The van der Waals surface area contributed by atoms with E-state index in [0.717, 1.165) is 5.56 Å². The Bertz CT molecular complexity index is 365. The zero-order valence-electron chi connectivity index (χ0n) is 8.85. The average molecular weight is 218 g/mol. The minimum Gasteiger partial charge on any atom is -0.496 e. The SMILES string of the molecule is COc1c(C)cnc(C[B-](F)(F)F)c1C. The lowest BCUT2D eigenvalue weighted by atomic mass is 9.82. The van der Waals surface area contributed by atoms with Crippen molar-refractivity contribution in [3.8, 4) is 5.75 Å². The van der Waals surface area contributed by atoms with Crippen molar-refractivity contribution in [2.24, 2.45) is 0 Å². The maximum atomic E-state index is 12.2. The number of halogens is 3. The molecule has 6 heteroatoms. The summed E-state index contributed by atoms with van der Waals surface area (Å²) in [6, 6.07) is 0. The predicted octanol–water partition coefficient (Wildman–Crippen LogP) is 2.64. The van der Waals surface area contributed by atoms with Gasteiger partial charge >= 0.3 is 6.98 Å². The van der Waals surface area contributed by atoms with Gasteiger partial charge in [0.15, 0.2) is 0 Å². The summed E-state index contributed by atoms with van der Waals surface area (Å²) in [5, 5.41) is 0. The largest absolute Gasteiger partial charge is 0.496 e. The van der Waals surface area contributed by atoms with Crippen molar-refractivity contribution < 1.29 is 17.7 Å². The van der Waals surface area contributed by atoms with Gasteiger partial charge in [0, 0.05) is 23.0 Å². The fourth-order valence-electron chi connectivity index (χ4n) is 1.50. The Morgan fingerprint density at radius 3 is 2.40 bits per heavy atom. The monoisotopic (exact) mass is 218 g/mol. The third-order valence-electron chi connectivity index (χ3n) is 2.17. The Kier molecular flexibility index (Phi) is 3.26. The molecular weight excluding hydrogens is 206 g/mol. The van der Waals surface area contributed by atoms with Gasteiger partial charge in [-0.1, -0.05) is 0 Å². The van der Waals surface area contributed by atoms with Crippen LogP contribution in [0.25, 0.3) is 0 Å². The molecule has 0 aliphatic heterocycles. The van der Waals surface area contributed by atoms with Crippen LogP contribution in [0, 0.1) is 13.8 Å². The summed E-state index contributed by atoms with van der Waals surface area (Å²) < 4.78 is 41.7.